The molecule has 0 aliphatic heterocycles. The summed E-state index contributed by atoms with van der Waals surface area (Å²) in [6.07, 6.45) is 0. The summed E-state index contributed by atoms with van der Waals surface area (Å²) in [7, 11) is 1.61. The topological polar surface area (TPSA) is 85.7 Å². The molecule has 0 aliphatic rings. The van der Waals surface area contributed by atoms with Crippen LogP contribution in [0.4, 0.5) is 11.4 Å². The van der Waals surface area contributed by atoms with Gasteiger partial charge in [0, 0.05) is 31.8 Å². The van der Waals surface area contributed by atoms with Gasteiger partial charge >= 0.3 is 0 Å². The van der Waals surface area contributed by atoms with Gasteiger partial charge in [-0.2, -0.15) is 0 Å². The molecule has 0 atom stereocenters. The zero-order valence-corrected chi connectivity index (χ0v) is 17.4. The Morgan fingerprint density at radius 1 is 1.26 bits per heavy atom. The van der Waals surface area contributed by atoms with Crippen LogP contribution in [0.2, 0.25) is 5.02 Å². The molecular weight excluding hydrogens is 438 g/mol. The number of ether oxygens (including phenoxy) is 2. The van der Waals surface area contributed by atoms with Crippen LogP contribution in [-0.4, -0.2) is 31.7 Å². The molecule has 0 spiro atoms. The number of non-ortho nitro benzene ring substituents is 1. The standard InChI is InChI=1S/C18H21BrClN3O4/c1-3-27-17-9-12(8-14(19)18(17)26-2)11-21-6-7-22-16-5-4-13(23(24)25)10-15(16)20/h4-5,8-10,21-22H,3,6-7,11H2,1-2H3. The van der Waals surface area contributed by atoms with E-state index >= 15 is 0 Å². The molecule has 2 aromatic rings. The van der Waals surface area contributed by atoms with E-state index in [1.54, 1.807) is 13.2 Å². The molecule has 0 saturated carbocycles. The van der Waals surface area contributed by atoms with Crippen LogP contribution in [0.25, 0.3) is 0 Å². The van der Waals surface area contributed by atoms with E-state index < -0.39 is 4.92 Å². The Balaban J connectivity index is 1.86. The molecule has 0 unspecified atom stereocenters. The van der Waals surface area contributed by atoms with E-state index in [0.717, 1.165) is 10.0 Å². The lowest BCUT2D eigenvalue weighted by molar-refractivity contribution is -0.384. The Morgan fingerprint density at radius 2 is 2.04 bits per heavy atom. The van der Waals surface area contributed by atoms with Crippen molar-refractivity contribution in [3.05, 3.63) is 55.5 Å². The first-order valence-corrected chi connectivity index (χ1v) is 9.51. The third kappa shape index (κ3) is 5.98. The van der Waals surface area contributed by atoms with Crippen molar-refractivity contribution in [3.63, 3.8) is 0 Å². The molecule has 0 amide bonds. The Bertz CT molecular complexity index is 804. The molecular formula is C18H21BrClN3O4. The van der Waals surface area contributed by atoms with Crippen molar-refractivity contribution >= 4 is 38.9 Å². The molecule has 2 N–H and O–H groups in total. The first kappa shape index (κ1) is 21.3. The van der Waals surface area contributed by atoms with Crippen LogP contribution in [0.15, 0.2) is 34.8 Å². The number of hydrogen-bond donors (Lipinski definition) is 2. The van der Waals surface area contributed by atoms with Gasteiger partial charge in [-0.05, 0) is 46.6 Å². The molecule has 27 heavy (non-hydrogen) atoms. The first-order valence-electron chi connectivity index (χ1n) is 8.34. The maximum Gasteiger partial charge on any atom is 0.271 e. The van der Waals surface area contributed by atoms with Gasteiger partial charge in [0.2, 0.25) is 0 Å². The number of rotatable bonds is 10. The zero-order valence-electron chi connectivity index (χ0n) is 15.1. The van der Waals surface area contributed by atoms with Crippen LogP contribution >= 0.6 is 27.5 Å². The molecule has 2 rings (SSSR count). The minimum atomic E-state index is -0.472. The van der Waals surface area contributed by atoms with Gasteiger partial charge in [0.05, 0.1) is 33.8 Å². The summed E-state index contributed by atoms with van der Waals surface area (Å²) in [6, 6.07) is 8.29. The predicted octanol–water partition coefficient (Wildman–Crippen LogP) is 4.62. The van der Waals surface area contributed by atoms with Gasteiger partial charge in [0.15, 0.2) is 11.5 Å². The Morgan fingerprint density at radius 3 is 2.67 bits per heavy atom. The normalized spacial score (nSPS) is 10.5. The highest BCUT2D eigenvalue weighted by atomic mass is 79.9. The lowest BCUT2D eigenvalue weighted by atomic mass is 10.2. The van der Waals surface area contributed by atoms with E-state index in [-0.39, 0.29) is 5.69 Å². The number of anilines is 1. The maximum absolute atomic E-state index is 10.7. The summed E-state index contributed by atoms with van der Waals surface area (Å²) in [6.45, 7) is 4.43. The number of nitrogens with zero attached hydrogens (tertiary/aromatic N) is 1. The first-order chi connectivity index (χ1) is 13.0. The van der Waals surface area contributed by atoms with E-state index in [1.165, 1.54) is 12.1 Å². The summed E-state index contributed by atoms with van der Waals surface area (Å²) >= 11 is 9.55. The van der Waals surface area contributed by atoms with Gasteiger partial charge in [-0.25, -0.2) is 0 Å². The van der Waals surface area contributed by atoms with E-state index in [0.29, 0.717) is 48.5 Å². The quantitative estimate of drug-likeness (QED) is 0.307. The van der Waals surface area contributed by atoms with E-state index in [1.807, 2.05) is 19.1 Å². The second-order valence-electron chi connectivity index (χ2n) is 5.57. The SMILES string of the molecule is CCOc1cc(CNCCNc2ccc([N+](=O)[O-])cc2Cl)cc(Br)c1OC. The number of hydrogen-bond acceptors (Lipinski definition) is 6. The van der Waals surface area contributed by atoms with Crippen molar-refractivity contribution in [2.24, 2.45) is 0 Å². The highest BCUT2D eigenvalue weighted by Gasteiger charge is 2.11. The van der Waals surface area contributed by atoms with E-state index in [4.69, 9.17) is 21.1 Å². The fourth-order valence-electron chi connectivity index (χ4n) is 2.46. The molecule has 0 aromatic heterocycles. The van der Waals surface area contributed by atoms with Crippen molar-refractivity contribution < 1.29 is 14.4 Å². The van der Waals surface area contributed by atoms with Crippen LogP contribution < -0.4 is 20.1 Å². The van der Waals surface area contributed by atoms with Gasteiger partial charge in [-0.1, -0.05) is 11.6 Å². The summed E-state index contributed by atoms with van der Waals surface area (Å²) < 4.78 is 11.8. The Labute approximate surface area is 171 Å². The lowest BCUT2D eigenvalue weighted by Gasteiger charge is -2.14. The summed E-state index contributed by atoms with van der Waals surface area (Å²) in [4.78, 5) is 10.3. The maximum atomic E-state index is 10.7. The monoisotopic (exact) mass is 457 g/mol. The average molecular weight is 459 g/mol. The van der Waals surface area contributed by atoms with E-state index in [9.17, 15) is 10.1 Å². The molecule has 7 nitrogen and oxygen atoms in total. The van der Waals surface area contributed by atoms with Crippen LogP contribution in [0.5, 0.6) is 11.5 Å². The molecule has 0 saturated heterocycles. The van der Waals surface area contributed by atoms with Crippen molar-refractivity contribution in [1.82, 2.24) is 5.32 Å². The van der Waals surface area contributed by atoms with Crippen LogP contribution in [0, 0.1) is 10.1 Å². The van der Waals surface area contributed by atoms with Gasteiger partial charge in [0.25, 0.3) is 5.69 Å². The van der Waals surface area contributed by atoms with Crippen LogP contribution in [-0.2, 0) is 6.54 Å². The number of benzene rings is 2. The van der Waals surface area contributed by atoms with Gasteiger partial charge in [-0.3, -0.25) is 10.1 Å². The molecule has 0 heterocycles. The minimum Gasteiger partial charge on any atom is -0.492 e. The Kier molecular flexibility index (Phi) is 8.15. The number of halogens is 2. The van der Waals surface area contributed by atoms with Gasteiger partial charge < -0.3 is 20.1 Å². The van der Waals surface area contributed by atoms with Gasteiger partial charge in [0.1, 0.15) is 0 Å². The Hall–Kier alpha value is -2.03. The largest absolute Gasteiger partial charge is 0.492 e. The summed E-state index contributed by atoms with van der Waals surface area (Å²) in [5.74, 6) is 1.37. The highest BCUT2D eigenvalue weighted by Crippen LogP contribution is 2.36. The van der Waals surface area contributed by atoms with Crippen molar-refractivity contribution in [2.45, 2.75) is 13.5 Å². The van der Waals surface area contributed by atoms with Crippen molar-refractivity contribution in [2.75, 3.05) is 32.1 Å². The predicted molar refractivity (Wildman–Crippen MR) is 110 cm³/mol. The number of nitrogens with one attached hydrogen (secondary N) is 2. The minimum absolute atomic E-state index is 0.0288. The third-order valence-corrected chi connectivity index (χ3v) is 4.58. The second-order valence-corrected chi connectivity index (χ2v) is 6.83. The molecule has 0 bridgehead atoms. The fourth-order valence-corrected chi connectivity index (χ4v) is 3.36. The van der Waals surface area contributed by atoms with Crippen LogP contribution in [0.3, 0.4) is 0 Å². The summed E-state index contributed by atoms with van der Waals surface area (Å²) in [5.41, 5.74) is 1.69. The smallest absolute Gasteiger partial charge is 0.271 e. The second kappa shape index (κ2) is 10.3. The van der Waals surface area contributed by atoms with Gasteiger partial charge in [-0.15, -0.1) is 0 Å². The zero-order chi connectivity index (χ0) is 19.8. The van der Waals surface area contributed by atoms with Crippen LogP contribution in [0.1, 0.15) is 12.5 Å². The summed E-state index contributed by atoms with van der Waals surface area (Å²) in [5, 5.41) is 17.5. The average Bonchev–Trinajstić information content (AvgIpc) is 2.62. The fraction of sp³-hybridized carbons (Fsp3) is 0.333. The molecule has 146 valence electrons. The molecule has 0 aliphatic carbocycles. The highest BCUT2D eigenvalue weighted by molar-refractivity contribution is 9.10. The lowest BCUT2D eigenvalue weighted by Crippen LogP contribution is -2.22. The molecule has 0 radical (unpaired) electrons. The number of methoxy groups -OCH3 is 1. The number of nitro groups is 1. The molecule has 2 aromatic carbocycles. The van der Waals surface area contributed by atoms with Crippen molar-refractivity contribution in [1.29, 1.82) is 0 Å². The third-order valence-electron chi connectivity index (χ3n) is 3.68. The molecule has 9 heteroatoms. The van der Waals surface area contributed by atoms with Crippen molar-refractivity contribution in [3.8, 4) is 11.5 Å². The van der Waals surface area contributed by atoms with E-state index in [2.05, 4.69) is 26.6 Å². The number of nitro benzene ring substituents is 1. The molecule has 0 fully saturated rings.